The van der Waals surface area contributed by atoms with Crippen LogP contribution in [-0.4, -0.2) is 26.7 Å². The maximum atomic E-state index is 12.3. The molecule has 2 unspecified atom stereocenters. The lowest BCUT2D eigenvalue weighted by Gasteiger charge is -2.19. The molecule has 0 heterocycles. The molecule has 0 aliphatic heterocycles. The SMILES string of the molecule is CC(Oc1ccccc1Cl)C(=O)NC(C)c1ccc(S(C)(=O)=O)cc1. The molecular weight excluding hydrogens is 362 g/mol. The van der Waals surface area contributed by atoms with Gasteiger partial charge in [-0.25, -0.2) is 8.42 Å². The fourth-order valence-corrected chi connectivity index (χ4v) is 3.01. The van der Waals surface area contributed by atoms with E-state index in [9.17, 15) is 13.2 Å². The molecule has 0 saturated carbocycles. The highest BCUT2D eigenvalue weighted by Gasteiger charge is 2.19. The van der Waals surface area contributed by atoms with Crippen molar-refractivity contribution in [3.05, 3.63) is 59.1 Å². The second-order valence-electron chi connectivity index (χ2n) is 5.76. The zero-order valence-electron chi connectivity index (χ0n) is 14.2. The number of nitrogens with one attached hydrogen (secondary N) is 1. The molecule has 2 rings (SSSR count). The Morgan fingerprint density at radius 3 is 2.24 bits per heavy atom. The molecular formula is C18H20ClNO4S. The van der Waals surface area contributed by atoms with Gasteiger partial charge in [0.05, 0.1) is 16.0 Å². The highest BCUT2D eigenvalue weighted by Crippen LogP contribution is 2.24. The number of rotatable bonds is 6. The van der Waals surface area contributed by atoms with Crippen LogP contribution in [0.15, 0.2) is 53.4 Å². The summed E-state index contributed by atoms with van der Waals surface area (Å²) in [7, 11) is -3.24. The number of benzene rings is 2. The molecule has 5 nitrogen and oxygen atoms in total. The quantitative estimate of drug-likeness (QED) is 0.832. The van der Waals surface area contributed by atoms with Crippen LogP contribution in [0.3, 0.4) is 0 Å². The highest BCUT2D eigenvalue weighted by molar-refractivity contribution is 7.90. The van der Waals surface area contributed by atoms with Gasteiger partial charge in [0.1, 0.15) is 5.75 Å². The first-order valence-corrected chi connectivity index (χ1v) is 9.97. The van der Waals surface area contributed by atoms with E-state index in [0.717, 1.165) is 11.8 Å². The van der Waals surface area contributed by atoms with Gasteiger partial charge in [-0.1, -0.05) is 35.9 Å². The third-order valence-corrected chi connectivity index (χ3v) is 5.12. The van der Waals surface area contributed by atoms with E-state index in [-0.39, 0.29) is 16.8 Å². The third kappa shape index (κ3) is 5.21. The maximum Gasteiger partial charge on any atom is 0.261 e. The number of amides is 1. The van der Waals surface area contributed by atoms with E-state index in [4.69, 9.17) is 16.3 Å². The van der Waals surface area contributed by atoms with E-state index in [0.29, 0.717) is 10.8 Å². The summed E-state index contributed by atoms with van der Waals surface area (Å²) in [6, 6.07) is 13.1. The average molecular weight is 382 g/mol. The maximum absolute atomic E-state index is 12.3. The number of carbonyl (C=O) groups excluding carboxylic acids is 1. The summed E-state index contributed by atoms with van der Waals surface area (Å²) in [4.78, 5) is 12.5. The minimum absolute atomic E-state index is 0.241. The van der Waals surface area contributed by atoms with E-state index in [1.807, 2.05) is 6.92 Å². The Morgan fingerprint density at radius 2 is 1.68 bits per heavy atom. The highest BCUT2D eigenvalue weighted by atomic mass is 35.5. The number of carbonyl (C=O) groups is 1. The zero-order valence-corrected chi connectivity index (χ0v) is 15.8. The van der Waals surface area contributed by atoms with E-state index < -0.39 is 15.9 Å². The van der Waals surface area contributed by atoms with Crippen molar-refractivity contribution in [1.29, 1.82) is 0 Å². The molecule has 0 spiro atoms. The van der Waals surface area contributed by atoms with E-state index in [2.05, 4.69) is 5.32 Å². The number of hydrogen-bond acceptors (Lipinski definition) is 4. The third-order valence-electron chi connectivity index (χ3n) is 3.68. The summed E-state index contributed by atoms with van der Waals surface area (Å²) in [5.74, 6) is 0.150. The normalized spacial score (nSPS) is 13.8. The molecule has 2 atom stereocenters. The number of ether oxygens (including phenoxy) is 1. The van der Waals surface area contributed by atoms with E-state index >= 15 is 0 Å². The molecule has 1 N–H and O–H groups in total. The lowest BCUT2D eigenvalue weighted by molar-refractivity contribution is -0.127. The summed E-state index contributed by atoms with van der Waals surface area (Å²) in [5, 5.41) is 3.27. The van der Waals surface area contributed by atoms with Gasteiger partial charge < -0.3 is 10.1 Å². The van der Waals surface area contributed by atoms with Crippen LogP contribution < -0.4 is 10.1 Å². The van der Waals surface area contributed by atoms with Gasteiger partial charge in [-0.05, 0) is 43.7 Å². The first-order valence-electron chi connectivity index (χ1n) is 7.70. The Hall–Kier alpha value is -2.05. The predicted molar refractivity (Wildman–Crippen MR) is 97.7 cm³/mol. The smallest absolute Gasteiger partial charge is 0.261 e. The topological polar surface area (TPSA) is 72.5 Å². The standard InChI is InChI=1S/C18H20ClNO4S/c1-12(14-8-10-15(11-9-14)25(3,22)23)20-18(21)13(2)24-17-7-5-4-6-16(17)19/h4-13H,1-3H3,(H,20,21). The van der Waals surface area contributed by atoms with Crippen molar-refractivity contribution in [1.82, 2.24) is 5.32 Å². The van der Waals surface area contributed by atoms with Crippen molar-refractivity contribution in [2.24, 2.45) is 0 Å². The Kier molecular flexibility index (Phi) is 6.08. The minimum atomic E-state index is -3.24. The van der Waals surface area contributed by atoms with Crippen LogP contribution in [0.5, 0.6) is 5.75 Å². The number of para-hydroxylation sites is 1. The summed E-state index contributed by atoms with van der Waals surface area (Å²) in [6.07, 6.45) is 0.429. The molecule has 0 fully saturated rings. The molecule has 0 bridgehead atoms. The van der Waals surface area contributed by atoms with Crippen LogP contribution in [0.25, 0.3) is 0 Å². The summed E-state index contributed by atoms with van der Waals surface area (Å²) < 4.78 is 28.6. The van der Waals surface area contributed by atoms with Crippen LogP contribution in [0.4, 0.5) is 0 Å². The molecule has 25 heavy (non-hydrogen) atoms. The fraction of sp³-hybridized carbons (Fsp3) is 0.278. The van der Waals surface area contributed by atoms with Crippen molar-refractivity contribution in [3.63, 3.8) is 0 Å². The van der Waals surface area contributed by atoms with Gasteiger partial charge in [0.2, 0.25) is 0 Å². The Balaban J connectivity index is 2.00. The zero-order chi connectivity index (χ0) is 18.6. The van der Waals surface area contributed by atoms with E-state index in [1.54, 1.807) is 43.3 Å². The molecule has 1 amide bonds. The van der Waals surface area contributed by atoms with Gasteiger partial charge in [-0.15, -0.1) is 0 Å². The molecule has 0 radical (unpaired) electrons. The van der Waals surface area contributed by atoms with Gasteiger partial charge >= 0.3 is 0 Å². The number of hydrogen-bond donors (Lipinski definition) is 1. The van der Waals surface area contributed by atoms with Gasteiger partial charge in [-0.2, -0.15) is 0 Å². The molecule has 2 aromatic rings. The Morgan fingerprint density at radius 1 is 1.08 bits per heavy atom. The van der Waals surface area contributed by atoms with Gasteiger partial charge in [0, 0.05) is 6.26 Å². The molecule has 134 valence electrons. The molecule has 0 saturated heterocycles. The second-order valence-corrected chi connectivity index (χ2v) is 8.18. The van der Waals surface area contributed by atoms with Crippen molar-refractivity contribution in [2.45, 2.75) is 30.9 Å². The Labute approximate surface area is 152 Å². The molecule has 2 aromatic carbocycles. The molecule has 0 aliphatic carbocycles. The average Bonchev–Trinajstić information content (AvgIpc) is 2.56. The van der Waals surface area contributed by atoms with Crippen LogP contribution in [0.1, 0.15) is 25.5 Å². The first-order chi connectivity index (χ1) is 11.7. The lowest BCUT2D eigenvalue weighted by Crippen LogP contribution is -2.37. The Bertz CT molecular complexity index is 850. The van der Waals surface area contributed by atoms with E-state index in [1.165, 1.54) is 12.1 Å². The summed E-state index contributed by atoms with van der Waals surface area (Å²) in [5.41, 5.74) is 0.797. The summed E-state index contributed by atoms with van der Waals surface area (Å²) in [6.45, 7) is 3.45. The lowest BCUT2D eigenvalue weighted by atomic mass is 10.1. The van der Waals surface area contributed by atoms with Gasteiger partial charge in [-0.3, -0.25) is 4.79 Å². The largest absolute Gasteiger partial charge is 0.479 e. The molecule has 0 aromatic heterocycles. The molecule has 7 heteroatoms. The number of sulfone groups is 1. The van der Waals surface area contributed by atoms with Gasteiger partial charge in [0.15, 0.2) is 15.9 Å². The van der Waals surface area contributed by atoms with Crippen LogP contribution in [0.2, 0.25) is 5.02 Å². The van der Waals surface area contributed by atoms with Crippen LogP contribution >= 0.6 is 11.6 Å². The first kappa shape index (κ1) is 19.3. The van der Waals surface area contributed by atoms with Crippen LogP contribution in [0, 0.1) is 0 Å². The van der Waals surface area contributed by atoms with Crippen molar-refractivity contribution < 1.29 is 17.9 Å². The monoisotopic (exact) mass is 381 g/mol. The fourth-order valence-electron chi connectivity index (χ4n) is 2.20. The molecule has 0 aliphatic rings. The van der Waals surface area contributed by atoms with Gasteiger partial charge in [0.25, 0.3) is 5.91 Å². The second kappa shape index (κ2) is 7.89. The number of halogens is 1. The van der Waals surface area contributed by atoms with Crippen LogP contribution in [-0.2, 0) is 14.6 Å². The van der Waals surface area contributed by atoms with Crippen molar-refractivity contribution >= 4 is 27.3 Å². The van der Waals surface area contributed by atoms with Crippen molar-refractivity contribution in [3.8, 4) is 5.75 Å². The predicted octanol–water partition coefficient (Wildman–Crippen LogP) is 3.39. The summed E-state index contributed by atoms with van der Waals surface area (Å²) >= 11 is 6.02. The van der Waals surface area contributed by atoms with Crippen molar-refractivity contribution in [2.75, 3.05) is 6.26 Å². The minimum Gasteiger partial charge on any atom is -0.479 e.